The van der Waals surface area contributed by atoms with Crippen LogP contribution in [0, 0.1) is 13.8 Å². The zero-order valence-corrected chi connectivity index (χ0v) is 10.3. The Hall–Kier alpha value is -1.62. The maximum Gasteiger partial charge on any atom is 0.188 e. The average Bonchev–Trinajstić information content (AvgIpc) is 2.64. The first-order valence-electron chi connectivity index (χ1n) is 4.89. The van der Waals surface area contributed by atoms with Crippen LogP contribution in [-0.4, -0.2) is 17.1 Å². The summed E-state index contributed by atoms with van der Waals surface area (Å²) >= 11 is 1.57. The number of aromatic nitrogens is 2. The number of aryl methyl sites for hydroxylation is 2. The first-order chi connectivity index (χ1) is 7.69. The van der Waals surface area contributed by atoms with Crippen LogP contribution >= 0.6 is 11.3 Å². The predicted molar refractivity (Wildman–Crippen MR) is 65.7 cm³/mol. The highest BCUT2D eigenvalue weighted by Crippen LogP contribution is 2.23. The molecule has 0 fully saturated rings. The molecule has 0 saturated heterocycles. The van der Waals surface area contributed by atoms with Gasteiger partial charge in [0.25, 0.3) is 0 Å². The number of rotatable bonds is 3. The van der Waals surface area contributed by atoms with Gasteiger partial charge in [0.2, 0.25) is 0 Å². The molecule has 0 radical (unpaired) electrons. The van der Waals surface area contributed by atoms with E-state index in [9.17, 15) is 0 Å². The Kier molecular flexibility index (Phi) is 3.05. The second-order valence-corrected chi connectivity index (χ2v) is 4.32. The zero-order chi connectivity index (χ0) is 11.5. The average molecular weight is 235 g/mol. The molecule has 0 aromatic carbocycles. The van der Waals surface area contributed by atoms with Crippen LogP contribution in [0.1, 0.15) is 11.3 Å². The van der Waals surface area contributed by atoms with Crippen molar-refractivity contribution >= 4 is 22.3 Å². The summed E-state index contributed by atoms with van der Waals surface area (Å²) in [5, 5.41) is 6.01. The Morgan fingerprint density at radius 2 is 2.19 bits per heavy atom. The van der Waals surface area contributed by atoms with Crippen LogP contribution in [0.5, 0.6) is 5.75 Å². The van der Waals surface area contributed by atoms with E-state index < -0.39 is 0 Å². The fourth-order valence-electron chi connectivity index (χ4n) is 1.35. The number of hydrogen-bond donors (Lipinski definition) is 1. The van der Waals surface area contributed by atoms with Gasteiger partial charge >= 0.3 is 0 Å². The van der Waals surface area contributed by atoms with E-state index in [0.717, 1.165) is 28.0 Å². The molecule has 2 rings (SSSR count). The highest BCUT2D eigenvalue weighted by atomic mass is 32.1. The highest BCUT2D eigenvalue weighted by Gasteiger charge is 2.03. The summed E-state index contributed by atoms with van der Waals surface area (Å²) < 4.78 is 5.15. The van der Waals surface area contributed by atoms with Crippen LogP contribution in [0.2, 0.25) is 0 Å². The SMILES string of the molecule is COc1cnc(Nc2nc(C)cs2)cc1C. The fourth-order valence-corrected chi connectivity index (χ4v) is 2.04. The summed E-state index contributed by atoms with van der Waals surface area (Å²) in [4.78, 5) is 8.56. The third kappa shape index (κ3) is 2.30. The van der Waals surface area contributed by atoms with Crippen molar-refractivity contribution in [1.82, 2.24) is 9.97 Å². The summed E-state index contributed by atoms with van der Waals surface area (Å²) in [6, 6.07) is 1.94. The van der Waals surface area contributed by atoms with E-state index in [1.807, 2.05) is 25.3 Å². The largest absolute Gasteiger partial charge is 0.495 e. The lowest BCUT2D eigenvalue weighted by molar-refractivity contribution is 0.410. The second-order valence-electron chi connectivity index (χ2n) is 3.46. The third-order valence-corrected chi connectivity index (χ3v) is 3.01. The van der Waals surface area contributed by atoms with Gasteiger partial charge in [-0.15, -0.1) is 11.3 Å². The van der Waals surface area contributed by atoms with Gasteiger partial charge in [-0.25, -0.2) is 9.97 Å². The second kappa shape index (κ2) is 4.49. The quantitative estimate of drug-likeness (QED) is 0.888. The molecule has 2 heterocycles. The van der Waals surface area contributed by atoms with Gasteiger partial charge in [0, 0.05) is 5.38 Å². The summed E-state index contributed by atoms with van der Waals surface area (Å²) in [6.07, 6.45) is 1.71. The van der Waals surface area contributed by atoms with Crippen LogP contribution in [0.3, 0.4) is 0 Å². The molecule has 0 saturated carbocycles. The van der Waals surface area contributed by atoms with Gasteiger partial charge in [0.1, 0.15) is 11.6 Å². The number of thiazole rings is 1. The van der Waals surface area contributed by atoms with E-state index in [0.29, 0.717) is 0 Å². The van der Waals surface area contributed by atoms with Gasteiger partial charge in [-0.1, -0.05) is 0 Å². The summed E-state index contributed by atoms with van der Waals surface area (Å²) in [5.74, 6) is 1.58. The fraction of sp³-hybridized carbons (Fsp3) is 0.273. The molecule has 0 aliphatic carbocycles. The van der Waals surface area contributed by atoms with Crippen molar-refractivity contribution in [2.45, 2.75) is 13.8 Å². The molecule has 0 bridgehead atoms. The summed E-state index contributed by atoms with van der Waals surface area (Å²) in [5.41, 5.74) is 2.06. The van der Waals surface area contributed by atoms with Gasteiger partial charge < -0.3 is 10.1 Å². The number of nitrogens with zero attached hydrogens (tertiary/aromatic N) is 2. The number of nitrogens with one attached hydrogen (secondary N) is 1. The molecular weight excluding hydrogens is 222 g/mol. The van der Waals surface area contributed by atoms with Crippen molar-refractivity contribution in [3.63, 3.8) is 0 Å². The van der Waals surface area contributed by atoms with Crippen LogP contribution in [0.25, 0.3) is 0 Å². The summed E-state index contributed by atoms with van der Waals surface area (Å²) in [7, 11) is 1.64. The molecule has 0 spiro atoms. The molecule has 4 nitrogen and oxygen atoms in total. The lowest BCUT2D eigenvalue weighted by Gasteiger charge is -2.06. The molecule has 0 amide bonds. The van der Waals surface area contributed by atoms with Crippen LogP contribution in [-0.2, 0) is 0 Å². The molecule has 0 unspecified atom stereocenters. The van der Waals surface area contributed by atoms with E-state index in [2.05, 4.69) is 15.3 Å². The normalized spacial score (nSPS) is 10.2. The number of pyridine rings is 1. The Bertz CT molecular complexity index is 496. The van der Waals surface area contributed by atoms with Crippen molar-refractivity contribution in [1.29, 1.82) is 0 Å². The molecule has 5 heteroatoms. The smallest absolute Gasteiger partial charge is 0.188 e. The van der Waals surface area contributed by atoms with Gasteiger partial charge in [-0.3, -0.25) is 0 Å². The van der Waals surface area contributed by atoms with Crippen molar-refractivity contribution in [2.24, 2.45) is 0 Å². The number of hydrogen-bond acceptors (Lipinski definition) is 5. The standard InChI is InChI=1S/C11H13N3OS/c1-7-4-10(12-5-9(7)15-3)14-11-13-8(2)6-16-11/h4-6H,1-3H3,(H,12,13,14). The third-order valence-electron chi connectivity index (χ3n) is 2.14. The Balaban J connectivity index is 2.19. The Labute approximate surface area is 98.3 Å². The minimum atomic E-state index is 0.785. The molecular formula is C11H13N3OS. The minimum absolute atomic E-state index is 0.785. The maximum absolute atomic E-state index is 5.15. The lowest BCUT2D eigenvalue weighted by atomic mass is 10.3. The molecule has 16 heavy (non-hydrogen) atoms. The minimum Gasteiger partial charge on any atom is -0.495 e. The van der Waals surface area contributed by atoms with Crippen molar-refractivity contribution < 1.29 is 4.74 Å². The lowest BCUT2D eigenvalue weighted by Crippen LogP contribution is -1.95. The van der Waals surface area contributed by atoms with E-state index >= 15 is 0 Å². The Morgan fingerprint density at radius 1 is 1.38 bits per heavy atom. The molecule has 2 aromatic rings. The zero-order valence-electron chi connectivity index (χ0n) is 9.44. The van der Waals surface area contributed by atoms with E-state index in [-0.39, 0.29) is 0 Å². The van der Waals surface area contributed by atoms with Gasteiger partial charge in [0.05, 0.1) is 19.0 Å². The number of ether oxygens (including phenoxy) is 1. The van der Waals surface area contributed by atoms with Gasteiger partial charge in [-0.05, 0) is 25.5 Å². The molecule has 1 N–H and O–H groups in total. The molecule has 84 valence electrons. The predicted octanol–water partition coefficient (Wildman–Crippen LogP) is 2.91. The molecule has 2 aromatic heterocycles. The topological polar surface area (TPSA) is 47.0 Å². The van der Waals surface area contributed by atoms with Crippen molar-refractivity contribution in [3.05, 3.63) is 28.9 Å². The van der Waals surface area contributed by atoms with Crippen LogP contribution in [0.15, 0.2) is 17.6 Å². The number of anilines is 2. The van der Waals surface area contributed by atoms with Gasteiger partial charge in [-0.2, -0.15) is 0 Å². The Morgan fingerprint density at radius 3 is 2.75 bits per heavy atom. The van der Waals surface area contributed by atoms with Crippen molar-refractivity contribution in [2.75, 3.05) is 12.4 Å². The van der Waals surface area contributed by atoms with Crippen molar-refractivity contribution in [3.8, 4) is 5.75 Å². The monoisotopic (exact) mass is 235 g/mol. The molecule has 0 aliphatic heterocycles. The highest BCUT2D eigenvalue weighted by molar-refractivity contribution is 7.13. The summed E-state index contributed by atoms with van der Waals surface area (Å²) in [6.45, 7) is 3.95. The first-order valence-corrected chi connectivity index (χ1v) is 5.77. The first kappa shape index (κ1) is 10.9. The van der Waals surface area contributed by atoms with E-state index in [1.165, 1.54) is 0 Å². The van der Waals surface area contributed by atoms with E-state index in [1.54, 1.807) is 24.6 Å². The molecule has 0 atom stereocenters. The van der Waals surface area contributed by atoms with Gasteiger partial charge in [0.15, 0.2) is 5.13 Å². The van der Waals surface area contributed by atoms with E-state index in [4.69, 9.17) is 4.74 Å². The number of methoxy groups -OCH3 is 1. The van der Waals surface area contributed by atoms with Crippen LogP contribution in [0.4, 0.5) is 10.9 Å². The van der Waals surface area contributed by atoms with Crippen LogP contribution < -0.4 is 10.1 Å². The molecule has 0 aliphatic rings. The maximum atomic E-state index is 5.15.